The van der Waals surface area contributed by atoms with Crippen LogP contribution in [-0.4, -0.2) is 379 Å². The van der Waals surface area contributed by atoms with E-state index in [1.165, 1.54) is 13.8 Å². The van der Waals surface area contributed by atoms with E-state index in [9.17, 15) is 112 Å². The van der Waals surface area contributed by atoms with Gasteiger partial charge >= 0.3 is 5.97 Å². The molecule has 5 aliphatic carbocycles. The molecule has 0 bridgehead atoms. The van der Waals surface area contributed by atoms with Gasteiger partial charge in [0.05, 0.1) is 82.9 Å². The van der Waals surface area contributed by atoms with Crippen molar-refractivity contribution >= 4 is 5.97 Å². The Balaban J connectivity index is 0.787. The standard InChI is InChI=1S/C69H112O37/c1-24-36(79)40(83)42(85)56(96-24)101-48-31(77)20-93-55(44(48)87)100-47-25(2)97-58(46(89)50(47)103-61-53(90)68(92,22-73)23-95-61)104-51-37(80)30(76)19-94-60(51)106-62(91)69-12-11-63(3,4)13-27(69)26-9-10-34-64(5)14-29(75)54(65(6,21-72)52(64)28(74)15-67(34,8)66(26,7)16-35(69)78)105-59-45(88)49(39(82)33(18-71)99-59)102-57-43(86)41(84)38(81)32(17-70)98-57/h9,24-25,27-61,70-90,92H,10-23H2,1-8H3/t24-,25-,27-,28+,29-,30-,31+,32+,33+,34+,35+,36-,37-,38+,39+,40+,41-,42+,43+,44+,45+,46+,47-,48-,49-,50-,51+,52+,53-,54-,55-,56-,57-,58-,59-,60-,61-,64+,65-,66+,67+,68+,69+/m0/s1. The first-order chi connectivity index (χ1) is 49.6. The molecular formula is C69H112O37. The van der Waals surface area contributed by atoms with Crippen LogP contribution in [-0.2, 0) is 71.1 Å². The minimum absolute atomic E-state index is 0.0400. The first kappa shape index (κ1) is 83.2. The van der Waals surface area contributed by atoms with Crippen LogP contribution in [0.15, 0.2) is 11.6 Å². The van der Waals surface area contributed by atoms with Crippen LogP contribution in [0.25, 0.3) is 0 Å². The van der Waals surface area contributed by atoms with Crippen molar-refractivity contribution in [2.45, 2.75) is 315 Å². The summed E-state index contributed by atoms with van der Waals surface area (Å²) < 4.78 is 83.5. The van der Waals surface area contributed by atoms with Gasteiger partial charge in [-0.05, 0) is 92.3 Å². The lowest BCUT2D eigenvalue weighted by Crippen LogP contribution is -2.73. The number of hydrogen-bond acceptors (Lipinski definition) is 37. The number of carbonyl (C=O) groups is 1. The van der Waals surface area contributed by atoms with Gasteiger partial charge in [-0.15, -0.1) is 0 Å². The van der Waals surface area contributed by atoms with E-state index >= 15 is 4.79 Å². The van der Waals surface area contributed by atoms with Crippen LogP contribution in [0.4, 0.5) is 0 Å². The van der Waals surface area contributed by atoms with Crippen molar-refractivity contribution in [1.82, 2.24) is 0 Å². The molecule has 0 aromatic carbocycles. The zero-order chi connectivity index (χ0) is 77.5. The lowest BCUT2D eigenvalue weighted by atomic mass is 9.32. The lowest BCUT2D eigenvalue weighted by molar-refractivity contribution is -0.387. The number of carbonyl (C=O) groups excluding carboxylic acids is 1. The van der Waals surface area contributed by atoms with Crippen LogP contribution in [0.1, 0.15) is 100 Å². The lowest BCUT2D eigenvalue weighted by Gasteiger charge is -2.73. The molecule has 0 spiro atoms. The van der Waals surface area contributed by atoms with Gasteiger partial charge in [-0.2, -0.15) is 0 Å². The van der Waals surface area contributed by atoms with Gasteiger partial charge in [-0.1, -0.05) is 53.2 Å². The summed E-state index contributed by atoms with van der Waals surface area (Å²) in [7, 11) is 0. The number of esters is 1. The molecule has 7 heterocycles. The maximum atomic E-state index is 15.8. The molecular weight excluding hydrogens is 1420 g/mol. The van der Waals surface area contributed by atoms with Crippen molar-refractivity contribution in [2.24, 2.45) is 50.2 Å². The number of hydrogen-bond donors (Lipinski definition) is 22. The summed E-state index contributed by atoms with van der Waals surface area (Å²) in [5.74, 6) is -3.09. The number of allylic oxidation sites excluding steroid dienone is 2. The zero-order valence-corrected chi connectivity index (χ0v) is 60.3. The Labute approximate surface area is 610 Å². The third kappa shape index (κ3) is 13.9. The summed E-state index contributed by atoms with van der Waals surface area (Å²) >= 11 is 0. The SMILES string of the molecule is C[C@@H]1O[C@@H](O[C@@H]2[C@@H](O)[C@H](O[C@@H]3[C@@H](O[C@@H]4OC[C@](O)(CO)[C@H]4O)[C@@H](O)[C@H](O[C@H]4[C@H](OC(=O)[C@]56CCC(C)(C)C[C@H]5C5=CC[C@@H]7[C@@]8(C)C[C@H](O)[C@H](O[C@@H]9O[C@H](CO)[C@@H](O)[C@H](O[C@@H]%10O[C@H](CO)[C@@H](O)[C@H](O)[C@H]%10O)[C@H]9O)[C@@](C)(CO)[C@@H]8[C@H](O)C[C@@]7(C)[C@]5(C)C[C@H]6O)OC[C@H](O)[C@@H]4O)O[C@H]3C)OC[C@H]2O)[C@H](O)[C@H](O)[C@H]1O. The van der Waals surface area contributed by atoms with Gasteiger partial charge < -0.3 is 179 Å². The van der Waals surface area contributed by atoms with Crippen molar-refractivity contribution in [3.63, 3.8) is 0 Å². The second-order valence-corrected chi connectivity index (χ2v) is 33.7. The molecule has 0 radical (unpaired) electrons. The average molecular weight is 1530 g/mol. The van der Waals surface area contributed by atoms with E-state index in [-0.39, 0.29) is 25.7 Å². The van der Waals surface area contributed by atoms with Crippen LogP contribution >= 0.6 is 0 Å². The molecule has 0 aromatic rings. The van der Waals surface area contributed by atoms with E-state index in [0.717, 1.165) is 5.57 Å². The molecule has 0 unspecified atom stereocenters. The van der Waals surface area contributed by atoms with E-state index in [2.05, 4.69) is 6.08 Å². The molecule has 22 N–H and O–H groups in total. The fraction of sp³-hybridized carbons (Fsp3) is 0.957. The van der Waals surface area contributed by atoms with Crippen molar-refractivity contribution in [3.05, 3.63) is 11.6 Å². The summed E-state index contributed by atoms with van der Waals surface area (Å²) in [6.07, 6.45) is -56.1. The molecule has 610 valence electrons. The molecule has 7 saturated heterocycles. The molecule has 12 rings (SSSR count). The highest BCUT2D eigenvalue weighted by Crippen LogP contribution is 2.76. The minimum Gasteiger partial charge on any atom is -0.432 e. The number of aliphatic hydroxyl groups excluding tert-OH is 21. The van der Waals surface area contributed by atoms with E-state index < -0.39 is 317 Å². The number of rotatable bonds is 18. The maximum absolute atomic E-state index is 15.8. The highest BCUT2D eigenvalue weighted by molar-refractivity contribution is 5.80. The van der Waals surface area contributed by atoms with Gasteiger partial charge in [0.15, 0.2) is 43.8 Å². The van der Waals surface area contributed by atoms with Crippen LogP contribution in [0.5, 0.6) is 0 Å². The number of ether oxygens (including phenoxy) is 14. The third-order valence-corrected chi connectivity index (χ3v) is 26.6. The van der Waals surface area contributed by atoms with Gasteiger partial charge in [-0.25, -0.2) is 0 Å². The summed E-state index contributed by atoms with van der Waals surface area (Å²) in [6, 6.07) is 0. The molecule has 12 aliphatic rings. The summed E-state index contributed by atoms with van der Waals surface area (Å²) in [5.41, 5.74) is -8.34. The predicted molar refractivity (Wildman–Crippen MR) is 345 cm³/mol. The molecule has 0 aromatic heterocycles. The molecule has 7 aliphatic heterocycles. The minimum atomic E-state index is -2.28. The molecule has 37 nitrogen and oxygen atoms in total. The van der Waals surface area contributed by atoms with Gasteiger partial charge in [0, 0.05) is 11.3 Å². The Morgan fingerprint density at radius 1 is 0.481 bits per heavy atom. The van der Waals surface area contributed by atoms with E-state index in [0.29, 0.717) is 19.3 Å². The molecule has 0 amide bonds. The van der Waals surface area contributed by atoms with Gasteiger partial charge in [0.2, 0.25) is 6.29 Å². The predicted octanol–water partition coefficient (Wildman–Crippen LogP) is -8.70. The van der Waals surface area contributed by atoms with Crippen molar-refractivity contribution < 1.29 is 183 Å². The van der Waals surface area contributed by atoms with Crippen LogP contribution < -0.4 is 0 Å². The maximum Gasteiger partial charge on any atom is 0.317 e. The quantitative estimate of drug-likeness (QED) is 0.0344. The van der Waals surface area contributed by atoms with Gasteiger partial charge in [-0.3, -0.25) is 4.79 Å². The van der Waals surface area contributed by atoms with E-state index in [1.807, 2.05) is 34.6 Å². The van der Waals surface area contributed by atoms with Crippen LogP contribution in [0.2, 0.25) is 0 Å². The smallest absolute Gasteiger partial charge is 0.317 e. The largest absolute Gasteiger partial charge is 0.432 e. The Hall–Kier alpha value is -2.19. The Bertz CT molecular complexity index is 3050. The Morgan fingerprint density at radius 2 is 1.03 bits per heavy atom. The van der Waals surface area contributed by atoms with Crippen LogP contribution in [0.3, 0.4) is 0 Å². The first-order valence-corrected chi connectivity index (χ1v) is 36.7. The monoisotopic (exact) mass is 1530 g/mol. The number of aliphatic hydroxyl groups is 22. The van der Waals surface area contributed by atoms with E-state index in [1.54, 1.807) is 6.92 Å². The summed E-state index contributed by atoms with van der Waals surface area (Å²) in [5, 5.41) is 248. The second-order valence-electron chi connectivity index (χ2n) is 33.7. The molecule has 4 saturated carbocycles. The van der Waals surface area contributed by atoms with Crippen molar-refractivity contribution in [2.75, 3.05) is 46.2 Å². The zero-order valence-electron chi connectivity index (χ0n) is 60.3. The molecule has 37 heteroatoms. The molecule has 11 fully saturated rings. The summed E-state index contributed by atoms with van der Waals surface area (Å²) in [6.45, 7) is 9.01. The van der Waals surface area contributed by atoms with Crippen molar-refractivity contribution in [3.8, 4) is 0 Å². The Morgan fingerprint density at radius 3 is 1.67 bits per heavy atom. The topological polar surface area (TPSA) is 591 Å². The first-order valence-electron chi connectivity index (χ1n) is 36.7. The molecule has 106 heavy (non-hydrogen) atoms. The highest BCUT2D eigenvalue weighted by atomic mass is 16.8. The normalized spacial score (nSPS) is 56.1. The van der Waals surface area contributed by atoms with E-state index in [4.69, 9.17) is 66.3 Å². The van der Waals surface area contributed by atoms with Gasteiger partial charge in [0.1, 0.15) is 133 Å². The summed E-state index contributed by atoms with van der Waals surface area (Å²) in [4.78, 5) is 15.8. The van der Waals surface area contributed by atoms with Gasteiger partial charge in [0.25, 0.3) is 0 Å². The third-order valence-electron chi connectivity index (χ3n) is 26.6. The average Bonchev–Trinajstić information content (AvgIpc) is 0.716. The molecule has 43 atom stereocenters. The number of fused-ring (bicyclic) bond motifs is 7. The Kier molecular flexibility index (Phi) is 24.2. The fourth-order valence-corrected chi connectivity index (χ4v) is 20.5. The fourth-order valence-electron chi connectivity index (χ4n) is 20.5. The highest BCUT2D eigenvalue weighted by Gasteiger charge is 2.75. The van der Waals surface area contributed by atoms with Crippen LogP contribution in [0, 0.1) is 50.2 Å². The second kappa shape index (κ2) is 30.9. The van der Waals surface area contributed by atoms with Crippen molar-refractivity contribution in [1.29, 1.82) is 0 Å².